The van der Waals surface area contributed by atoms with Crippen LogP contribution in [0.15, 0.2) is 73.3 Å². The molecule has 3 heteroatoms. The zero-order chi connectivity index (χ0) is 19.9. The minimum Gasteiger partial charge on any atom is -0.385 e. The maximum atomic E-state index is 3.57. The van der Waals surface area contributed by atoms with Crippen molar-refractivity contribution in [3.8, 4) is 16.8 Å². The van der Waals surface area contributed by atoms with E-state index in [1.807, 2.05) is 7.05 Å². The van der Waals surface area contributed by atoms with Crippen LogP contribution < -0.4 is 14.5 Å². The van der Waals surface area contributed by atoms with Crippen LogP contribution in [0.4, 0.5) is 5.69 Å². The third-order valence-electron chi connectivity index (χ3n) is 6.15. The molecule has 1 aromatic carbocycles. The van der Waals surface area contributed by atoms with E-state index in [4.69, 9.17) is 0 Å². The maximum Gasteiger partial charge on any atom is 0.210 e. The molecular weight excluding hydrogens is 354 g/mol. The molecule has 1 aliphatic rings. The largest absolute Gasteiger partial charge is 0.385 e. The summed E-state index contributed by atoms with van der Waals surface area (Å²) >= 11 is 0. The summed E-state index contributed by atoms with van der Waals surface area (Å²) in [4.78, 5) is 0. The Bertz CT molecular complexity index is 877. The second-order valence-corrected chi connectivity index (χ2v) is 8.37. The van der Waals surface area contributed by atoms with Gasteiger partial charge in [0.15, 0.2) is 24.8 Å². The van der Waals surface area contributed by atoms with Crippen LogP contribution in [0.3, 0.4) is 0 Å². The fraction of sp³-hybridized carbons (Fsp3) is 0.385. The summed E-state index contributed by atoms with van der Waals surface area (Å²) < 4.78 is 4.22. The first-order valence-electron chi connectivity index (χ1n) is 11.1. The first-order chi connectivity index (χ1) is 14.3. The Balaban J connectivity index is 1.27. The van der Waals surface area contributed by atoms with E-state index in [0.29, 0.717) is 0 Å². The van der Waals surface area contributed by atoms with Gasteiger partial charge in [-0.05, 0) is 35.6 Å². The number of rotatable bonds is 8. The number of aromatic nitrogens is 2. The van der Waals surface area contributed by atoms with Crippen LogP contribution >= 0.6 is 0 Å². The van der Waals surface area contributed by atoms with Gasteiger partial charge in [-0.1, -0.05) is 38.5 Å². The van der Waals surface area contributed by atoms with Gasteiger partial charge in [0.25, 0.3) is 0 Å². The second-order valence-electron chi connectivity index (χ2n) is 8.37. The Kier molecular flexibility index (Phi) is 6.56. The van der Waals surface area contributed by atoms with Crippen LogP contribution in [0.2, 0.25) is 0 Å². The van der Waals surface area contributed by atoms with Gasteiger partial charge in [-0.2, -0.15) is 4.57 Å². The molecule has 0 saturated heterocycles. The summed E-state index contributed by atoms with van der Waals surface area (Å²) in [7, 11) is 2.04. The van der Waals surface area contributed by atoms with Gasteiger partial charge < -0.3 is 5.32 Å². The summed E-state index contributed by atoms with van der Waals surface area (Å²) in [5, 5.41) is 3.57. The highest BCUT2D eigenvalue weighted by molar-refractivity contribution is 5.61. The molecule has 0 spiro atoms. The molecule has 2 heterocycles. The van der Waals surface area contributed by atoms with E-state index < -0.39 is 0 Å². The van der Waals surface area contributed by atoms with Gasteiger partial charge in [-0.15, -0.1) is 0 Å². The van der Waals surface area contributed by atoms with E-state index in [-0.39, 0.29) is 0 Å². The Morgan fingerprint density at radius 2 is 1.41 bits per heavy atom. The van der Waals surface area contributed by atoms with Crippen molar-refractivity contribution in [1.29, 1.82) is 0 Å². The lowest BCUT2D eigenvalue weighted by atomic mass is 10.0. The van der Waals surface area contributed by atoms with Crippen LogP contribution in [-0.2, 0) is 7.05 Å². The monoisotopic (exact) mass is 387 g/mol. The van der Waals surface area contributed by atoms with Crippen molar-refractivity contribution in [2.75, 3.05) is 11.9 Å². The normalized spacial score (nSPS) is 14.2. The molecular formula is C26H33N3+2. The summed E-state index contributed by atoms with van der Waals surface area (Å²) in [5.74, 6) is 1.02. The average Bonchev–Trinajstić information content (AvgIpc) is 3.28. The quantitative estimate of drug-likeness (QED) is 0.414. The van der Waals surface area contributed by atoms with Crippen molar-refractivity contribution in [3.05, 3.63) is 73.3 Å². The highest BCUT2D eigenvalue weighted by atomic mass is 14.9. The molecule has 0 atom stereocenters. The molecule has 150 valence electrons. The molecule has 1 saturated carbocycles. The van der Waals surface area contributed by atoms with E-state index in [0.717, 1.165) is 12.5 Å². The Hall–Kier alpha value is -2.68. The maximum absolute atomic E-state index is 3.57. The summed E-state index contributed by atoms with van der Waals surface area (Å²) in [6, 6.07) is 17.4. The topological polar surface area (TPSA) is 19.8 Å². The predicted octanol–water partition coefficient (Wildman–Crippen LogP) is 5.23. The molecule has 3 nitrogen and oxygen atoms in total. The number of hydrogen-bond donors (Lipinski definition) is 1. The van der Waals surface area contributed by atoms with Crippen molar-refractivity contribution in [2.45, 2.75) is 44.9 Å². The molecule has 2 aromatic heterocycles. The number of benzene rings is 1. The van der Waals surface area contributed by atoms with Crippen molar-refractivity contribution in [1.82, 2.24) is 0 Å². The van der Waals surface area contributed by atoms with Crippen molar-refractivity contribution in [2.24, 2.45) is 13.0 Å². The van der Waals surface area contributed by atoms with Crippen LogP contribution in [0.5, 0.6) is 0 Å². The minimum absolute atomic E-state index is 1.02. The van der Waals surface area contributed by atoms with Crippen molar-refractivity contribution >= 4 is 5.69 Å². The van der Waals surface area contributed by atoms with E-state index >= 15 is 0 Å². The average molecular weight is 388 g/mol. The summed E-state index contributed by atoms with van der Waals surface area (Å²) in [6.45, 7) is 1.07. The molecule has 0 aliphatic heterocycles. The Morgan fingerprint density at radius 3 is 2.07 bits per heavy atom. The van der Waals surface area contributed by atoms with Crippen molar-refractivity contribution in [3.63, 3.8) is 0 Å². The third kappa shape index (κ3) is 5.44. The lowest BCUT2D eigenvalue weighted by Gasteiger charge is -2.09. The zero-order valence-electron chi connectivity index (χ0n) is 17.6. The van der Waals surface area contributed by atoms with Gasteiger partial charge in [0.2, 0.25) is 5.69 Å². The van der Waals surface area contributed by atoms with Gasteiger partial charge >= 0.3 is 0 Å². The van der Waals surface area contributed by atoms with Crippen molar-refractivity contribution < 1.29 is 9.13 Å². The highest BCUT2D eigenvalue weighted by Gasteiger charge is 2.13. The molecule has 0 amide bonds. The molecule has 4 rings (SSSR count). The molecule has 1 N–H and O–H groups in total. The van der Waals surface area contributed by atoms with Gasteiger partial charge in [0.05, 0.1) is 0 Å². The molecule has 1 aliphatic carbocycles. The Labute approximate surface area is 175 Å². The SMILES string of the molecule is C[n+]1ccc(-c2cc[n+](-c3ccc(NCCCCC4CCCC4)cc3)cc2)cc1. The lowest BCUT2D eigenvalue weighted by Crippen LogP contribution is -2.29. The lowest BCUT2D eigenvalue weighted by molar-refractivity contribution is -0.671. The number of anilines is 1. The van der Waals surface area contributed by atoms with Crippen LogP contribution in [0.1, 0.15) is 44.9 Å². The van der Waals surface area contributed by atoms with Gasteiger partial charge in [-0.25, -0.2) is 4.57 Å². The highest BCUT2D eigenvalue weighted by Crippen LogP contribution is 2.28. The van der Waals surface area contributed by atoms with E-state index in [1.165, 1.54) is 67.4 Å². The number of hydrogen-bond acceptors (Lipinski definition) is 1. The predicted molar refractivity (Wildman–Crippen MR) is 119 cm³/mol. The first kappa shape index (κ1) is 19.6. The molecule has 29 heavy (non-hydrogen) atoms. The summed E-state index contributed by atoms with van der Waals surface area (Å²) in [5.41, 5.74) is 4.87. The molecule has 1 fully saturated rings. The number of pyridine rings is 2. The van der Waals surface area contributed by atoms with Crippen LogP contribution in [0.25, 0.3) is 16.8 Å². The Morgan fingerprint density at radius 1 is 0.793 bits per heavy atom. The van der Waals surface area contributed by atoms with E-state index in [1.54, 1.807) is 0 Å². The van der Waals surface area contributed by atoms with E-state index in [9.17, 15) is 0 Å². The zero-order valence-corrected chi connectivity index (χ0v) is 17.6. The summed E-state index contributed by atoms with van der Waals surface area (Å²) in [6.07, 6.45) is 18.3. The van der Waals surface area contributed by atoms with Crippen LogP contribution in [0, 0.1) is 5.92 Å². The number of nitrogens with one attached hydrogen (secondary N) is 1. The van der Waals surface area contributed by atoms with Gasteiger partial charge in [0.1, 0.15) is 7.05 Å². The number of aryl methyl sites for hydroxylation is 1. The number of nitrogens with zero attached hydrogens (tertiary/aromatic N) is 2. The first-order valence-corrected chi connectivity index (χ1v) is 11.1. The van der Waals surface area contributed by atoms with E-state index in [2.05, 4.69) is 87.8 Å². The molecule has 0 radical (unpaired) electrons. The smallest absolute Gasteiger partial charge is 0.210 e. The fourth-order valence-corrected chi connectivity index (χ4v) is 4.33. The van der Waals surface area contributed by atoms with Gasteiger partial charge in [-0.3, -0.25) is 0 Å². The fourth-order valence-electron chi connectivity index (χ4n) is 4.33. The van der Waals surface area contributed by atoms with Crippen LogP contribution in [-0.4, -0.2) is 6.54 Å². The standard InChI is InChI=1S/C26H32N3/c1-28-18-13-23(14-19-28)24-15-20-29(21-16-24)26-11-9-25(10-12-26)27-17-5-4-8-22-6-2-3-7-22/h9-16,18-22H,2-8,17H2,1H3/q+1/p+1. The number of unbranched alkanes of at least 4 members (excludes halogenated alkanes) is 1. The second kappa shape index (κ2) is 9.69. The van der Waals surface area contributed by atoms with Gasteiger partial charge in [0, 0.05) is 48.6 Å². The minimum atomic E-state index is 1.02. The molecule has 3 aromatic rings. The molecule has 0 unspecified atom stereocenters. The molecule has 0 bridgehead atoms. The third-order valence-corrected chi connectivity index (χ3v) is 6.15.